The van der Waals surface area contributed by atoms with Gasteiger partial charge in [-0.15, -0.1) is 11.3 Å². The predicted molar refractivity (Wildman–Crippen MR) is 116 cm³/mol. The molecule has 0 saturated heterocycles. The van der Waals surface area contributed by atoms with Gasteiger partial charge >= 0.3 is 0 Å². The van der Waals surface area contributed by atoms with Gasteiger partial charge in [0.15, 0.2) is 9.95 Å². The third kappa shape index (κ3) is 4.93. The first-order chi connectivity index (χ1) is 13.8. The normalized spacial score (nSPS) is 12.8. The molecule has 2 aromatic heterocycles. The first-order valence-corrected chi connectivity index (χ1v) is 10.4. The number of hydrogen-bond donors (Lipinski definition) is 0. The average molecular weight is 472 g/mol. The van der Waals surface area contributed by atoms with Gasteiger partial charge in [0.1, 0.15) is 5.76 Å². The van der Waals surface area contributed by atoms with Crippen LogP contribution in [0.1, 0.15) is 22.2 Å². The Morgan fingerprint density at radius 2 is 1.93 bits per heavy atom. The fourth-order valence-electron chi connectivity index (χ4n) is 2.74. The molecule has 3 aromatic rings. The van der Waals surface area contributed by atoms with Crippen LogP contribution in [0.15, 0.2) is 47.4 Å². The zero-order valence-electron chi connectivity index (χ0n) is 15.8. The molecule has 0 bridgehead atoms. The molecule has 0 atom stereocenters. The largest absolute Gasteiger partial charge is 0.501 e. The Morgan fingerprint density at radius 3 is 2.52 bits per heavy atom. The molecule has 6 nitrogen and oxygen atoms in total. The van der Waals surface area contributed by atoms with Crippen LogP contribution in [0, 0.1) is 0 Å². The monoisotopic (exact) mass is 470 g/mol. The fourth-order valence-corrected chi connectivity index (χ4v) is 4.17. The summed E-state index contributed by atoms with van der Waals surface area (Å²) >= 11 is 19.5. The number of allylic oxidation sites excluding steroid dienone is 2. The summed E-state index contributed by atoms with van der Waals surface area (Å²) in [6.45, 7) is 2.06. The number of benzene rings is 1. The number of ether oxygens (including phenoxy) is 1. The van der Waals surface area contributed by atoms with Gasteiger partial charge in [-0.1, -0.05) is 34.8 Å². The van der Waals surface area contributed by atoms with E-state index in [0.29, 0.717) is 43.4 Å². The lowest BCUT2D eigenvalue weighted by atomic mass is 10.0. The molecule has 0 saturated carbocycles. The lowest BCUT2D eigenvalue weighted by Gasteiger charge is -2.14. The van der Waals surface area contributed by atoms with Crippen molar-refractivity contribution >= 4 is 57.6 Å². The van der Waals surface area contributed by atoms with Crippen LogP contribution in [-0.4, -0.2) is 27.4 Å². The zero-order chi connectivity index (χ0) is 21.1. The molecule has 0 aliphatic heterocycles. The highest BCUT2D eigenvalue weighted by Gasteiger charge is 2.21. The second-order valence-corrected chi connectivity index (χ2v) is 8.62. The van der Waals surface area contributed by atoms with Gasteiger partial charge in [-0.25, -0.2) is 4.98 Å². The maximum Gasteiger partial charge on any atom is 0.282 e. The van der Waals surface area contributed by atoms with Crippen LogP contribution in [0.3, 0.4) is 0 Å². The minimum atomic E-state index is -0.323. The van der Waals surface area contributed by atoms with E-state index >= 15 is 0 Å². The van der Waals surface area contributed by atoms with Crippen LogP contribution in [0.5, 0.6) is 0 Å². The van der Waals surface area contributed by atoms with Crippen LogP contribution < -0.4 is 5.49 Å². The van der Waals surface area contributed by atoms with Crippen molar-refractivity contribution in [2.24, 2.45) is 12.0 Å². The summed E-state index contributed by atoms with van der Waals surface area (Å²) in [6, 6.07) is 6.70. The van der Waals surface area contributed by atoms with Crippen molar-refractivity contribution in [2.45, 2.75) is 13.5 Å². The zero-order valence-corrected chi connectivity index (χ0v) is 18.9. The van der Waals surface area contributed by atoms with Gasteiger partial charge in [0.25, 0.3) is 5.91 Å². The van der Waals surface area contributed by atoms with Gasteiger partial charge < -0.3 is 4.74 Å². The number of carbonyl (C=O) groups excluding carboxylic acids is 1. The number of rotatable bonds is 5. The van der Waals surface area contributed by atoms with E-state index in [4.69, 9.17) is 39.5 Å². The first-order valence-electron chi connectivity index (χ1n) is 8.41. The molecule has 0 spiro atoms. The molecule has 0 N–H and O–H groups in total. The Morgan fingerprint density at radius 1 is 1.24 bits per heavy atom. The summed E-state index contributed by atoms with van der Waals surface area (Å²) in [5.74, 6) is 0.110. The second kappa shape index (κ2) is 9.17. The molecule has 0 radical (unpaired) electrons. The van der Waals surface area contributed by atoms with Gasteiger partial charge in [-0.2, -0.15) is 4.68 Å². The highest BCUT2D eigenvalue weighted by molar-refractivity contribution is 7.15. The minimum absolute atomic E-state index is 0.323. The Kier molecular flexibility index (Phi) is 6.85. The van der Waals surface area contributed by atoms with Crippen molar-refractivity contribution < 1.29 is 9.53 Å². The van der Waals surface area contributed by atoms with E-state index in [1.807, 2.05) is 0 Å². The van der Waals surface area contributed by atoms with Crippen LogP contribution in [0.2, 0.25) is 14.5 Å². The summed E-state index contributed by atoms with van der Waals surface area (Å²) in [5, 5.41) is 0.844. The number of aromatic nitrogens is 3. The van der Waals surface area contributed by atoms with Gasteiger partial charge in [0, 0.05) is 40.4 Å². The Hall–Kier alpha value is -2.06. The smallest absolute Gasteiger partial charge is 0.282 e. The number of halogens is 3. The highest BCUT2D eigenvalue weighted by Crippen LogP contribution is 2.27. The molecular weight excluding hydrogens is 455 g/mol. The number of nitrogens with zero attached hydrogens (tertiary/aromatic N) is 4. The first kappa shape index (κ1) is 21.6. The number of carbonyl (C=O) groups is 1. The number of hydrogen-bond acceptors (Lipinski definition) is 5. The molecule has 10 heteroatoms. The maximum absolute atomic E-state index is 13.5. The molecule has 0 unspecified atom stereocenters. The minimum Gasteiger partial charge on any atom is -0.501 e. The van der Waals surface area contributed by atoms with Crippen molar-refractivity contribution in [2.75, 3.05) is 7.11 Å². The number of thiazole rings is 1. The quantitative estimate of drug-likeness (QED) is 0.386. The lowest BCUT2D eigenvalue weighted by molar-refractivity contribution is 0.0942. The molecule has 3 rings (SSSR count). The Labute approximate surface area is 186 Å². The summed E-state index contributed by atoms with van der Waals surface area (Å²) in [4.78, 5) is 23.0. The average Bonchev–Trinajstić information content (AvgIpc) is 3.24. The van der Waals surface area contributed by atoms with Crippen LogP contribution in [-0.2, 0) is 18.3 Å². The Balaban J connectivity index is 2.09. The summed E-state index contributed by atoms with van der Waals surface area (Å²) < 4.78 is 8.93. The van der Waals surface area contributed by atoms with E-state index in [2.05, 4.69) is 9.98 Å². The standard InChI is InChI=1S/C19H17Cl3N4O2S/c1-11(28-3)17(12-6-13(20)8-14(21)7-12)18(27)26-16(4-5-25(26)2)23-9-15-10-24-19(22)29-15/h4-8,10H,9H2,1-3H3/b17-11+,23-16+. The molecule has 0 fully saturated rings. The van der Waals surface area contributed by atoms with E-state index in [0.717, 1.165) is 4.88 Å². The van der Waals surface area contributed by atoms with E-state index < -0.39 is 0 Å². The van der Waals surface area contributed by atoms with Crippen LogP contribution >= 0.6 is 46.1 Å². The van der Waals surface area contributed by atoms with E-state index in [1.54, 1.807) is 55.3 Å². The second-order valence-electron chi connectivity index (χ2n) is 6.05. The van der Waals surface area contributed by atoms with E-state index in [1.165, 1.54) is 23.1 Å². The topological polar surface area (TPSA) is 61.4 Å². The van der Waals surface area contributed by atoms with E-state index in [9.17, 15) is 4.79 Å². The van der Waals surface area contributed by atoms with Crippen molar-refractivity contribution in [3.05, 3.63) is 72.9 Å². The third-order valence-electron chi connectivity index (χ3n) is 4.11. The SMILES string of the molecule is CO/C(C)=C(/C(=O)n1/c(=N/Cc2cnc(Cl)s2)ccn1C)c1cc(Cl)cc(Cl)c1. The van der Waals surface area contributed by atoms with Crippen molar-refractivity contribution in [1.82, 2.24) is 14.3 Å². The molecular formula is C19H17Cl3N4O2S. The van der Waals surface area contributed by atoms with Crippen molar-refractivity contribution in [3.63, 3.8) is 0 Å². The molecule has 152 valence electrons. The fraction of sp³-hybridized carbons (Fsp3) is 0.211. The molecule has 0 aliphatic rings. The molecule has 0 amide bonds. The summed E-state index contributed by atoms with van der Waals surface area (Å²) in [7, 11) is 3.26. The van der Waals surface area contributed by atoms with E-state index in [-0.39, 0.29) is 5.91 Å². The Bertz CT molecular complexity index is 1140. The van der Waals surface area contributed by atoms with Gasteiger partial charge in [0.05, 0.1) is 19.2 Å². The summed E-state index contributed by atoms with van der Waals surface area (Å²) in [5.41, 5.74) is 1.37. The molecule has 0 aliphatic carbocycles. The van der Waals surface area contributed by atoms with Gasteiger partial charge in [-0.05, 0) is 30.7 Å². The molecule has 1 aromatic carbocycles. The maximum atomic E-state index is 13.5. The highest BCUT2D eigenvalue weighted by atomic mass is 35.5. The lowest BCUT2D eigenvalue weighted by Crippen LogP contribution is -2.30. The number of aryl methyl sites for hydroxylation is 1. The van der Waals surface area contributed by atoms with Crippen LogP contribution in [0.4, 0.5) is 0 Å². The summed E-state index contributed by atoms with van der Waals surface area (Å²) in [6.07, 6.45) is 3.42. The van der Waals surface area contributed by atoms with Crippen molar-refractivity contribution in [1.29, 1.82) is 0 Å². The number of methoxy groups -OCH3 is 1. The van der Waals surface area contributed by atoms with Crippen molar-refractivity contribution in [3.8, 4) is 0 Å². The van der Waals surface area contributed by atoms with Gasteiger partial charge in [0.2, 0.25) is 0 Å². The molecule has 2 heterocycles. The molecule has 29 heavy (non-hydrogen) atoms. The van der Waals surface area contributed by atoms with Gasteiger partial charge in [-0.3, -0.25) is 14.5 Å². The third-order valence-corrected chi connectivity index (χ3v) is 5.65. The predicted octanol–water partition coefficient (Wildman–Crippen LogP) is 5.06. The van der Waals surface area contributed by atoms with Crippen LogP contribution in [0.25, 0.3) is 5.57 Å².